The summed E-state index contributed by atoms with van der Waals surface area (Å²) in [6.45, 7) is 4.27. The Morgan fingerprint density at radius 1 is 1.40 bits per heavy atom. The molecule has 0 aliphatic rings. The summed E-state index contributed by atoms with van der Waals surface area (Å²) in [6.07, 6.45) is 1.89. The fourth-order valence-electron chi connectivity index (χ4n) is 1.87. The second kappa shape index (κ2) is 6.91. The Hall–Kier alpha value is -2.08. The highest BCUT2D eigenvalue weighted by Crippen LogP contribution is 2.12. The number of nitrogen functional groups attached to an aromatic ring is 1. The van der Waals surface area contributed by atoms with Crippen LogP contribution in [0.3, 0.4) is 0 Å². The average molecular weight is 276 g/mol. The van der Waals surface area contributed by atoms with Gasteiger partial charge in [-0.2, -0.15) is 0 Å². The molecule has 1 aromatic carbocycles. The Balaban J connectivity index is 1.98. The van der Waals surface area contributed by atoms with Crippen LogP contribution in [0, 0.1) is 0 Å². The van der Waals surface area contributed by atoms with Crippen LogP contribution in [0.25, 0.3) is 10.9 Å². The molecular formula is C14H20N4O2. The van der Waals surface area contributed by atoms with Crippen molar-refractivity contribution in [2.45, 2.75) is 19.8 Å². The van der Waals surface area contributed by atoms with E-state index in [1.165, 1.54) is 0 Å². The number of nitrogens with two attached hydrogens (primary N) is 1. The summed E-state index contributed by atoms with van der Waals surface area (Å²) < 4.78 is 5.38. The minimum absolute atomic E-state index is 0.188. The Bertz CT molecular complexity index is 624. The summed E-state index contributed by atoms with van der Waals surface area (Å²) >= 11 is 0. The lowest BCUT2D eigenvalue weighted by atomic mass is 10.2. The maximum atomic E-state index is 11.9. The van der Waals surface area contributed by atoms with E-state index < -0.39 is 0 Å². The fourth-order valence-corrected chi connectivity index (χ4v) is 1.87. The Morgan fingerprint density at radius 2 is 2.25 bits per heavy atom. The van der Waals surface area contributed by atoms with Crippen molar-refractivity contribution >= 4 is 22.5 Å². The molecule has 4 N–H and O–H groups in total. The van der Waals surface area contributed by atoms with Crippen LogP contribution in [0.1, 0.15) is 19.8 Å². The molecule has 0 saturated heterocycles. The number of hydrogen-bond acceptors (Lipinski definition) is 5. The summed E-state index contributed by atoms with van der Waals surface area (Å²) in [6, 6.07) is 5.11. The van der Waals surface area contributed by atoms with E-state index in [-0.39, 0.29) is 5.56 Å². The van der Waals surface area contributed by atoms with Gasteiger partial charge in [-0.3, -0.25) is 9.78 Å². The van der Waals surface area contributed by atoms with E-state index in [0.717, 1.165) is 19.4 Å². The minimum atomic E-state index is -0.188. The van der Waals surface area contributed by atoms with Crippen LogP contribution in [0.15, 0.2) is 23.0 Å². The first-order valence-corrected chi connectivity index (χ1v) is 6.82. The number of nitrogens with one attached hydrogen (secondary N) is 2. The smallest absolute Gasteiger partial charge is 0.260 e. The zero-order valence-electron chi connectivity index (χ0n) is 11.6. The van der Waals surface area contributed by atoms with Crippen molar-refractivity contribution in [3.8, 4) is 0 Å². The molecule has 6 nitrogen and oxygen atoms in total. The molecule has 0 atom stereocenters. The molecule has 108 valence electrons. The van der Waals surface area contributed by atoms with Gasteiger partial charge in [0.15, 0.2) is 0 Å². The van der Waals surface area contributed by atoms with E-state index in [9.17, 15) is 4.79 Å². The minimum Gasteiger partial charge on any atom is -0.399 e. The van der Waals surface area contributed by atoms with Crippen LogP contribution < -0.4 is 16.6 Å². The van der Waals surface area contributed by atoms with Gasteiger partial charge >= 0.3 is 0 Å². The molecular weight excluding hydrogens is 256 g/mol. The van der Waals surface area contributed by atoms with Crippen molar-refractivity contribution in [2.24, 2.45) is 0 Å². The lowest BCUT2D eigenvalue weighted by molar-refractivity contribution is 0.134. The number of anilines is 2. The molecule has 20 heavy (non-hydrogen) atoms. The fraction of sp³-hybridized carbons (Fsp3) is 0.429. The lowest BCUT2D eigenvalue weighted by Gasteiger charge is -2.07. The third-order valence-electron chi connectivity index (χ3n) is 2.84. The monoisotopic (exact) mass is 276 g/mol. The first-order valence-electron chi connectivity index (χ1n) is 6.82. The van der Waals surface area contributed by atoms with Gasteiger partial charge in [-0.25, -0.2) is 4.98 Å². The van der Waals surface area contributed by atoms with Crippen LogP contribution in [-0.4, -0.2) is 29.7 Å². The van der Waals surface area contributed by atoms with Gasteiger partial charge in [0.25, 0.3) is 5.56 Å². The van der Waals surface area contributed by atoms with Gasteiger partial charge in [-0.05, 0) is 31.0 Å². The Labute approximate surface area is 117 Å². The van der Waals surface area contributed by atoms with Gasteiger partial charge in [0.1, 0.15) is 0 Å². The number of fused-ring (bicyclic) bond motifs is 1. The largest absolute Gasteiger partial charge is 0.399 e. The number of hydrogen-bond donors (Lipinski definition) is 3. The SMILES string of the molecule is CCCOCCCNc1nc2ccc(N)cc2c(=O)[nH]1. The topological polar surface area (TPSA) is 93.0 Å². The van der Waals surface area contributed by atoms with Gasteiger partial charge in [0, 0.05) is 25.4 Å². The predicted molar refractivity (Wildman–Crippen MR) is 81.0 cm³/mol. The molecule has 0 aliphatic heterocycles. The molecule has 1 aromatic heterocycles. The van der Waals surface area contributed by atoms with E-state index in [1.807, 2.05) is 0 Å². The number of H-pyrrole nitrogens is 1. The molecule has 1 heterocycles. The summed E-state index contributed by atoms with van der Waals surface area (Å²) in [7, 11) is 0. The van der Waals surface area contributed by atoms with Gasteiger partial charge in [0.05, 0.1) is 10.9 Å². The van der Waals surface area contributed by atoms with Crippen molar-refractivity contribution in [3.63, 3.8) is 0 Å². The second-order valence-corrected chi connectivity index (χ2v) is 4.58. The summed E-state index contributed by atoms with van der Waals surface area (Å²) in [5.74, 6) is 0.475. The van der Waals surface area contributed by atoms with Crippen molar-refractivity contribution in [1.82, 2.24) is 9.97 Å². The van der Waals surface area contributed by atoms with Crippen molar-refractivity contribution in [1.29, 1.82) is 0 Å². The van der Waals surface area contributed by atoms with Crippen molar-refractivity contribution < 1.29 is 4.74 Å². The molecule has 0 unspecified atom stereocenters. The zero-order chi connectivity index (χ0) is 14.4. The number of aromatic amines is 1. The molecule has 2 rings (SSSR count). The van der Waals surface area contributed by atoms with Crippen LogP contribution in [0.5, 0.6) is 0 Å². The highest BCUT2D eigenvalue weighted by molar-refractivity contribution is 5.81. The third kappa shape index (κ3) is 3.71. The average Bonchev–Trinajstić information content (AvgIpc) is 2.43. The molecule has 2 aromatic rings. The van der Waals surface area contributed by atoms with E-state index >= 15 is 0 Å². The standard InChI is InChI=1S/C14H20N4O2/c1-2-7-20-8-3-6-16-14-17-12-5-4-10(15)9-11(12)13(19)18-14/h4-5,9H,2-3,6-8,15H2,1H3,(H2,16,17,18,19). The quantitative estimate of drug-likeness (QED) is 0.529. The summed E-state index contributed by atoms with van der Waals surface area (Å²) in [5, 5.41) is 3.59. The van der Waals surface area contributed by atoms with E-state index in [0.29, 0.717) is 35.7 Å². The third-order valence-corrected chi connectivity index (χ3v) is 2.84. The lowest BCUT2D eigenvalue weighted by Crippen LogP contribution is -2.15. The number of nitrogens with zero attached hydrogens (tertiary/aromatic N) is 1. The molecule has 0 bridgehead atoms. The van der Waals surface area contributed by atoms with Gasteiger partial charge in [-0.1, -0.05) is 6.92 Å². The zero-order valence-corrected chi connectivity index (χ0v) is 11.6. The van der Waals surface area contributed by atoms with Crippen LogP contribution in [0.4, 0.5) is 11.6 Å². The normalized spacial score (nSPS) is 10.8. The van der Waals surface area contributed by atoms with E-state index in [2.05, 4.69) is 22.2 Å². The summed E-state index contributed by atoms with van der Waals surface area (Å²) in [5.41, 5.74) is 6.66. The van der Waals surface area contributed by atoms with Crippen LogP contribution in [-0.2, 0) is 4.74 Å². The number of rotatable bonds is 7. The highest BCUT2D eigenvalue weighted by atomic mass is 16.5. The highest BCUT2D eigenvalue weighted by Gasteiger charge is 2.03. The molecule has 0 saturated carbocycles. The van der Waals surface area contributed by atoms with E-state index in [1.54, 1.807) is 18.2 Å². The van der Waals surface area contributed by atoms with Crippen LogP contribution in [0.2, 0.25) is 0 Å². The molecule has 0 spiro atoms. The van der Waals surface area contributed by atoms with Gasteiger partial charge < -0.3 is 15.8 Å². The maximum Gasteiger partial charge on any atom is 0.260 e. The first-order chi connectivity index (χ1) is 9.70. The first kappa shape index (κ1) is 14.3. The molecule has 6 heteroatoms. The molecule has 0 fully saturated rings. The van der Waals surface area contributed by atoms with Crippen LogP contribution >= 0.6 is 0 Å². The second-order valence-electron chi connectivity index (χ2n) is 4.58. The van der Waals surface area contributed by atoms with Crippen molar-refractivity contribution in [2.75, 3.05) is 30.8 Å². The van der Waals surface area contributed by atoms with Crippen molar-refractivity contribution in [3.05, 3.63) is 28.6 Å². The Kier molecular flexibility index (Phi) is 4.95. The van der Waals surface area contributed by atoms with Gasteiger partial charge in [-0.15, -0.1) is 0 Å². The predicted octanol–water partition coefficient (Wildman–Crippen LogP) is 1.73. The number of ether oxygens (including phenoxy) is 1. The maximum absolute atomic E-state index is 11.9. The molecule has 0 amide bonds. The van der Waals surface area contributed by atoms with Gasteiger partial charge in [0.2, 0.25) is 5.95 Å². The number of aromatic nitrogens is 2. The van der Waals surface area contributed by atoms with E-state index in [4.69, 9.17) is 10.5 Å². The molecule has 0 radical (unpaired) electrons. The number of benzene rings is 1. The molecule has 0 aliphatic carbocycles. The Morgan fingerprint density at radius 3 is 3.05 bits per heavy atom. The summed E-state index contributed by atoms with van der Waals surface area (Å²) in [4.78, 5) is 19.0.